The molecule has 1 N–H and O–H groups in total. The van der Waals surface area contributed by atoms with Crippen molar-refractivity contribution < 1.29 is 0 Å². The highest BCUT2D eigenvalue weighted by atomic mass is 32.1. The van der Waals surface area contributed by atoms with E-state index in [-0.39, 0.29) is 0 Å². The van der Waals surface area contributed by atoms with Crippen LogP contribution in [0.3, 0.4) is 0 Å². The second-order valence-corrected chi connectivity index (χ2v) is 6.38. The van der Waals surface area contributed by atoms with Crippen LogP contribution in [0.1, 0.15) is 37.3 Å². The molecular weight excluding hydrogens is 250 g/mol. The van der Waals surface area contributed by atoms with Crippen LogP contribution in [0.5, 0.6) is 0 Å². The van der Waals surface area contributed by atoms with Crippen molar-refractivity contribution >= 4 is 11.3 Å². The Kier molecular flexibility index (Phi) is 4.78. The van der Waals surface area contributed by atoms with Gasteiger partial charge >= 0.3 is 0 Å². The number of benzene rings is 1. The number of thiophene rings is 1. The Morgan fingerprint density at radius 2 is 1.95 bits per heavy atom. The lowest BCUT2D eigenvalue weighted by Gasteiger charge is -2.18. The first kappa shape index (κ1) is 14.3. The van der Waals surface area contributed by atoms with Crippen LogP contribution >= 0.6 is 11.3 Å². The largest absolute Gasteiger partial charge is 0.312 e. The average Bonchev–Trinajstić information content (AvgIpc) is 2.89. The second kappa shape index (κ2) is 6.36. The van der Waals surface area contributed by atoms with Gasteiger partial charge in [-0.25, -0.2) is 0 Å². The Bertz CT molecular complexity index is 528. The minimum Gasteiger partial charge on any atom is -0.312 e. The first-order valence-corrected chi connectivity index (χ1v) is 7.83. The predicted octanol–water partition coefficient (Wildman–Crippen LogP) is 4.89. The van der Waals surface area contributed by atoms with Gasteiger partial charge in [-0.2, -0.15) is 0 Å². The summed E-state index contributed by atoms with van der Waals surface area (Å²) < 4.78 is 0. The minimum atomic E-state index is 0.452. The summed E-state index contributed by atoms with van der Waals surface area (Å²) in [7, 11) is 2.04. The third-order valence-corrected chi connectivity index (χ3v) is 4.75. The van der Waals surface area contributed by atoms with Gasteiger partial charge < -0.3 is 5.32 Å². The quantitative estimate of drug-likeness (QED) is 0.817. The normalized spacial score (nSPS) is 12.9. The van der Waals surface area contributed by atoms with Crippen LogP contribution in [-0.4, -0.2) is 7.05 Å². The van der Waals surface area contributed by atoms with Gasteiger partial charge in [0.2, 0.25) is 0 Å². The van der Waals surface area contributed by atoms with Crippen molar-refractivity contribution in [1.82, 2.24) is 5.32 Å². The van der Waals surface area contributed by atoms with Crippen molar-refractivity contribution in [3.8, 4) is 10.4 Å². The van der Waals surface area contributed by atoms with Crippen LogP contribution in [0.2, 0.25) is 0 Å². The molecule has 0 aliphatic heterocycles. The highest BCUT2D eigenvalue weighted by molar-refractivity contribution is 7.15. The predicted molar refractivity (Wildman–Crippen MR) is 85.8 cm³/mol. The molecule has 1 heterocycles. The molecule has 0 aliphatic carbocycles. The molecule has 102 valence electrons. The molecule has 2 aromatic rings. The lowest BCUT2D eigenvalue weighted by molar-refractivity contribution is 0.449. The average molecular weight is 273 g/mol. The molecule has 0 bridgehead atoms. The fourth-order valence-corrected chi connectivity index (χ4v) is 3.71. The van der Waals surface area contributed by atoms with Crippen LogP contribution < -0.4 is 5.32 Å². The van der Waals surface area contributed by atoms with Gasteiger partial charge in [-0.15, -0.1) is 11.3 Å². The molecule has 0 saturated heterocycles. The maximum Gasteiger partial charge on any atom is 0.0435 e. The molecule has 1 aromatic heterocycles. The Morgan fingerprint density at radius 1 is 1.16 bits per heavy atom. The molecule has 0 amide bonds. The van der Waals surface area contributed by atoms with Crippen LogP contribution in [0.4, 0.5) is 0 Å². The lowest BCUT2D eigenvalue weighted by Crippen LogP contribution is -2.20. The van der Waals surface area contributed by atoms with E-state index in [2.05, 4.69) is 62.5 Å². The number of aryl methyl sites for hydroxylation is 1. The number of rotatable bonds is 5. The third kappa shape index (κ3) is 3.26. The molecule has 0 fully saturated rings. The second-order valence-electron chi connectivity index (χ2n) is 5.27. The van der Waals surface area contributed by atoms with E-state index < -0.39 is 0 Å². The molecular formula is C17H23NS. The molecule has 1 aromatic carbocycles. The summed E-state index contributed by atoms with van der Waals surface area (Å²) in [5, 5.41) is 3.42. The standard InChI is InChI=1S/C17H23NS/c1-5-13-7-6-8-14(11-13)15-9-10-16(19-15)17(18-4)12(2)3/h6-12,17-18H,5H2,1-4H3. The van der Waals surface area contributed by atoms with E-state index in [0.717, 1.165) is 6.42 Å². The highest BCUT2D eigenvalue weighted by Gasteiger charge is 2.16. The maximum absolute atomic E-state index is 3.42. The van der Waals surface area contributed by atoms with E-state index in [0.29, 0.717) is 12.0 Å². The van der Waals surface area contributed by atoms with E-state index in [1.165, 1.54) is 20.9 Å². The van der Waals surface area contributed by atoms with Crippen molar-refractivity contribution in [2.75, 3.05) is 7.05 Å². The summed E-state index contributed by atoms with van der Waals surface area (Å²) in [5.41, 5.74) is 2.75. The molecule has 0 aliphatic rings. The Hall–Kier alpha value is -1.12. The number of hydrogen-bond donors (Lipinski definition) is 1. The molecule has 2 heteroatoms. The van der Waals surface area contributed by atoms with Gasteiger partial charge in [0.05, 0.1) is 0 Å². The van der Waals surface area contributed by atoms with Crippen molar-refractivity contribution in [3.63, 3.8) is 0 Å². The summed E-state index contributed by atoms with van der Waals surface area (Å²) in [6.45, 7) is 6.73. The summed E-state index contributed by atoms with van der Waals surface area (Å²) in [5.74, 6) is 0.610. The zero-order valence-electron chi connectivity index (χ0n) is 12.2. The van der Waals surface area contributed by atoms with E-state index in [1.807, 2.05) is 18.4 Å². The van der Waals surface area contributed by atoms with E-state index in [4.69, 9.17) is 0 Å². The van der Waals surface area contributed by atoms with Gasteiger partial charge in [-0.3, -0.25) is 0 Å². The van der Waals surface area contributed by atoms with Crippen LogP contribution in [0, 0.1) is 5.92 Å². The van der Waals surface area contributed by atoms with Gasteiger partial charge in [-0.05, 0) is 42.6 Å². The monoisotopic (exact) mass is 273 g/mol. The van der Waals surface area contributed by atoms with Gasteiger partial charge in [0.15, 0.2) is 0 Å². The topological polar surface area (TPSA) is 12.0 Å². The maximum atomic E-state index is 3.42. The van der Waals surface area contributed by atoms with Gasteiger partial charge in [-0.1, -0.05) is 45.0 Å². The summed E-state index contributed by atoms with van der Waals surface area (Å²) in [6.07, 6.45) is 1.09. The first-order valence-electron chi connectivity index (χ1n) is 7.02. The lowest BCUT2D eigenvalue weighted by atomic mass is 10.0. The molecule has 19 heavy (non-hydrogen) atoms. The molecule has 1 nitrogen and oxygen atoms in total. The summed E-state index contributed by atoms with van der Waals surface area (Å²) in [6, 6.07) is 13.8. The molecule has 0 radical (unpaired) electrons. The highest BCUT2D eigenvalue weighted by Crippen LogP contribution is 2.34. The minimum absolute atomic E-state index is 0.452. The van der Waals surface area contributed by atoms with Crippen molar-refractivity contribution in [2.45, 2.75) is 33.2 Å². The zero-order chi connectivity index (χ0) is 13.8. The summed E-state index contributed by atoms with van der Waals surface area (Å²) >= 11 is 1.90. The molecule has 0 spiro atoms. The SMILES string of the molecule is CCc1cccc(-c2ccc(C(NC)C(C)C)s2)c1. The molecule has 2 rings (SSSR count). The van der Waals surface area contributed by atoms with Gasteiger partial charge in [0, 0.05) is 15.8 Å². The van der Waals surface area contributed by atoms with E-state index in [9.17, 15) is 0 Å². The van der Waals surface area contributed by atoms with Crippen LogP contribution in [0.15, 0.2) is 36.4 Å². The van der Waals surface area contributed by atoms with Crippen molar-refractivity contribution in [1.29, 1.82) is 0 Å². The number of hydrogen-bond acceptors (Lipinski definition) is 2. The summed E-state index contributed by atoms with van der Waals surface area (Å²) in [4.78, 5) is 2.79. The fraction of sp³-hybridized carbons (Fsp3) is 0.412. The van der Waals surface area contributed by atoms with E-state index >= 15 is 0 Å². The Morgan fingerprint density at radius 3 is 2.58 bits per heavy atom. The third-order valence-electron chi connectivity index (χ3n) is 3.53. The first-order chi connectivity index (χ1) is 9.15. The van der Waals surface area contributed by atoms with Crippen molar-refractivity contribution in [2.24, 2.45) is 5.92 Å². The molecule has 1 atom stereocenters. The van der Waals surface area contributed by atoms with Crippen LogP contribution in [-0.2, 0) is 6.42 Å². The smallest absolute Gasteiger partial charge is 0.0435 e. The van der Waals surface area contributed by atoms with E-state index in [1.54, 1.807) is 0 Å². The fourth-order valence-electron chi connectivity index (χ4n) is 2.42. The Labute approximate surface area is 120 Å². The van der Waals surface area contributed by atoms with Crippen molar-refractivity contribution in [3.05, 3.63) is 46.8 Å². The zero-order valence-corrected chi connectivity index (χ0v) is 13.1. The Balaban J connectivity index is 2.29. The molecule has 0 saturated carbocycles. The van der Waals surface area contributed by atoms with Crippen LogP contribution in [0.25, 0.3) is 10.4 Å². The van der Waals surface area contributed by atoms with Gasteiger partial charge in [0.25, 0.3) is 0 Å². The molecule has 1 unspecified atom stereocenters. The van der Waals surface area contributed by atoms with Gasteiger partial charge in [0.1, 0.15) is 0 Å². The number of nitrogens with one attached hydrogen (secondary N) is 1.